The number of hydrogen-bond donors (Lipinski definition) is 1. The summed E-state index contributed by atoms with van der Waals surface area (Å²) in [6, 6.07) is 0. The third-order valence-corrected chi connectivity index (χ3v) is 2.87. The van der Waals surface area contributed by atoms with Crippen LogP contribution in [0.1, 0.15) is 33.1 Å². The lowest BCUT2D eigenvalue weighted by Crippen LogP contribution is -3.00. The maximum Gasteiger partial charge on any atom is 0.0985 e. The van der Waals surface area contributed by atoms with E-state index in [0.717, 1.165) is 17.9 Å². The van der Waals surface area contributed by atoms with E-state index < -0.39 is 0 Å². The molecule has 1 aliphatic rings. The van der Waals surface area contributed by atoms with E-state index >= 15 is 0 Å². The Morgan fingerprint density at radius 1 is 1.53 bits per heavy atom. The van der Waals surface area contributed by atoms with Gasteiger partial charge >= 0.3 is 0 Å². The highest BCUT2D eigenvalue weighted by Crippen LogP contribution is 2.27. The largest absolute Gasteiger partial charge is 0.447 e. The minimum atomic E-state index is 0.305. The van der Waals surface area contributed by atoms with Crippen LogP contribution in [0.15, 0.2) is 36.7 Å². The Balaban J connectivity index is 2.74. The van der Waals surface area contributed by atoms with Crippen molar-refractivity contribution in [3.8, 4) is 0 Å². The number of nitrogens with one attached hydrogen (secondary N) is 1. The van der Waals surface area contributed by atoms with Gasteiger partial charge in [0.25, 0.3) is 0 Å². The first kappa shape index (κ1) is 12.2. The van der Waals surface area contributed by atoms with Gasteiger partial charge in [0.05, 0.1) is 11.9 Å². The minimum absolute atomic E-state index is 0.305. The smallest absolute Gasteiger partial charge is 0.0985 e. The molecular formula is C13H22N2. The van der Waals surface area contributed by atoms with E-state index in [1.165, 1.54) is 12.1 Å². The van der Waals surface area contributed by atoms with Gasteiger partial charge in [-0.05, 0) is 30.9 Å². The minimum Gasteiger partial charge on any atom is -0.447 e. The van der Waals surface area contributed by atoms with Crippen LogP contribution in [-0.4, -0.2) is 7.05 Å². The van der Waals surface area contributed by atoms with Crippen LogP contribution in [0.3, 0.4) is 0 Å². The molecule has 0 aromatic heterocycles. The first-order valence-corrected chi connectivity index (χ1v) is 5.55. The van der Waals surface area contributed by atoms with Crippen molar-refractivity contribution in [1.29, 1.82) is 0 Å². The zero-order valence-corrected chi connectivity index (χ0v) is 10.1. The summed E-state index contributed by atoms with van der Waals surface area (Å²) in [6.45, 7) is 8.37. The lowest BCUT2D eigenvalue weighted by molar-refractivity contribution is -0.763. The van der Waals surface area contributed by atoms with Crippen LogP contribution in [0, 0.1) is 5.41 Å². The highest BCUT2D eigenvalue weighted by Gasteiger charge is 2.17. The molecule has 0 aromatic carbocycles. The molecule has 0 spiro atoms. The number of rotatable bonds is 3. The van der Waals surface area contributed by atoms with Crippen LogP contribution in [0.25, 0.3) is 5.43 Å². The van der Waals surface area contributed by atoms with Crippen molar-refractivity contribution in [2.45, 2.75) is 33.1 Å². The van der Waals surface area contributed by atoms with Crippen molar-refractivity contribution in [3.63, 3.8) is 0 Å². The molecule has 15 heavy (non-hydrogen) atoms. The summed E-state index contributed by atoms with van der Waals surface area (Å²) in [6.07, 6.45) is 11.9. The zero-order chi connectivity index (χ0) is 11.3. The van der Waals surface area contributed by atoms with E-state index in [9.17, 15) is 0 Å². The fourth-order valence-corrected chi connectivity index (χ4v) is 1.84. The van der Waals surface area contributed by atoms with Crippen LogP contribution >= 0.6 is 0 Å². The Labute approximate surface area is 93.3 Å². The average Bonchev–Trinajstić information content (AvgIpc) is 2.18. The summed E-state index contributed by atoms with van der Waals surface area (Å²) in [5, 5.41) is 1.04. The maximum atomic E-state index is 4.26. The SMILES string of the molecule is C=C[NH+]([N-]C)C1=CCC=CC(C)(C)CC1. The predicted molar refractivity (Wildman–Crippen MR) is 65.3 cm³/mol. The van der Waals surface area contributed by atoms with Gasteiger partial charge < -0.3 is 10.4 Å². The van der Waals surface area contributed by atoms with Crippen molar-refractivity contribution < 1.29 is 5.01 Å². The van der Waals surface area contributed by atoms with Gasteiger partial charge in [0.1, 0.15) is 0 Å². The lowest BCUT2D eigenvalue weighted by atomic mass is 9.85. The molecule has 1 N–H and O–H groups in total. The van der Waals surface area contributed by atoms with E-state index in [0.29, 0.717) is 5.41 Å². The second-order valence-electron chi connectivity index (χ2n) is 4.67. The van der Waals surface area contributed by atoms with Crippen molar-refractivity contribution in [1.82, 2.24) is 0 Å². The number of allylic oxidation sites excluding steroid dienone is 4. The van der Waals surface area contributed by atoms with E-state index in [-0.39, 0.29) is 0 Å². The third-order valence-electron chi connectivity index (χ3n) is 2.87. The monoisotopic (exact) mass is 206 g/mol. The third kappa shape index (κ3) is 3.65. The van der Waals surface area contributed by atoms with Crippen molar-refractivity contribution in [2.75, 3.05) is 7.05 Å². The van der Waals surface area contributed by atoms with Crippen LogP contribution in [0.5, 0.6) is 0 Å². The molecule has 1 aliphatic carbocycles. The molecule has 0 radical (unpaired) electrons. The van der Waals surface area contributed by atoms with E-state index in [2.05, 4.69) is 44.1 Å². The molecule has 0 aliphatic heterocycles. The van der Waals surface area contributed by atoms with Gasteiger partial charge in [-0.15, -0.1) is 7.05 Å². The summed E-state index contributed by atoms with van der Waals surface area (Å²) < 4.78 is 0. The quantitative estimate of drug-likeness (QED) is 0.540. The molecule has 0 fully saturated rings. The van der Waals surface area contributed by atoms with Crippen LogP contribution in [0.4, 0.5) is 0 Å². The number of nitrogens with zero attached hydrogens (tertiary/aromatic N) is 1. The van der Waals surface area contributed by atoms with Gasteiger partial charge in [-0.25, -0.2) is 0 Å². The Morgan fingerprint density at radius 2 is 2.27 bits per heavy atom. The standard InChI is InChI=1S/C13H22N2/c1-5-15(14-4)12-8-6-7-10-13(2,3)11-9-12/h5,7-8,10,15H,1,6,9,11H2,2-4H3. The van der Waals surface area contributed by atoms with Gasteiger partial charge in [-0.1, -0.05) is 26.0 Å². The highest BCUT2D eigenvalue weighted by atomic mass is 15.5. The molecule has 1 atom stereocenters. The van der Waals surface area contributed by atoms with E-state index in [4.69, 9.17) is 0 Å². The Kier molecular flexibility index (Phi) is 4.30. The molecule has 0 saturated heterocycles. The summed E-state index contributed by atoms with van der Waals surface area (Å²) in [5.41, 5.74) is 5.90. The average molecular weight is 206 g/mol. The fourth-order valence-electron chi connectivity index (χ4n) is 1.84. The molecule has 2 heteroatoms. The van der Waals surface area contributed by atoms with Crippen molar-refractivity contribution in [2.24, 2.45) is 5.41 Å². The second-order valence-corrected chi connectivity index (χ2v) is 4.67. The predicted octanol–water partition coefficient (Wildman–Crippen LogP) is 2.58. The summed E-state index contributed by atoms with van der Waals surface area (Å²) >= 11 is 0. The van der Waals surface area contributed by atoms with Gasteiger partial charge in [0.2, 0.25) is 0 Å². The molecule has 0 amide bonds. The van der Waals surface area contributed by atoms with Crippen LogP contribution in [0.2, 0.25) is 0 Å². The Hall–Kier alpha value is -0.860. The summed E-state index contributed by atoms with van der Waals surface area (Å²) in [5.74, 6) is 0. The van der Waals surface area contributed by atoms with Crippen LogP contribution in [-0.2, 0) is 0 Å². The molecule has 1 rings (SSSR count). The number of hydrogen-bond acceptors (Lipinski definition) is 0. The molecule has 84 valence electrons. The molecule has 2 nitrogen and oxygen atoms in total. The highest BCUT2D eigenvalue weighted by molar-refractivity contribution is 5.06. The molecule has 0 saturated carbocycles. The first-order chi connectivity index (χ1) is 7.09. The lowest BCUT2D eigenvalue weighted by Gasteiger charge is -2.29. The van der Waals surface area contributed by atoms with E-state index in [1.807, 2.05) is 13.2 Å². The molecule has 0 aromatic rings. The zero-order valence-electron chi connectivity index (χ0n) is 10.1. The maximum absolute atomic E-state index is 4.26. The fraction of sp³-hybridized carbons (Fsp3) is 0.538. The van der Waals surface area contributed by atoms with Gasteiger partial charge in [-0.3, -0.25) is 0 Å². The van der Waals surface area contributed by atoms with Gasteiger partial charge in [0.15, 0.2) is 0 Å². The van der Waals surface area contributed by atoms with Gasteiger partial charge in [-0.2, -0.15) is 0 Å². The van der Waals surface area contributed by atoms with Crippen LogP contribution < -0.4 is 5.01 Å². The topological polar surface area (TPSA) is 18.5 Å². The second kappa shape index (κ2) is 5.29. The summed E-state index contributed by atoms with van der Waals surface area (Å²) in [4.78, 5) is 0. The van der Waals surface area contributed by atoms with Crippen molar-refractivity contribution in [3.05, 3.63) is 42.1 Å². The molecule has 0 bridgehead atoms. The Bertz CT molecular complexity index is 274. The molecule has 0 heterocycles. The normalized spacial score (nSPS) is 22.5. The number of quaternary nitrogens is 1. The summed E-state index contributed by atoms with van der Waals surface area (Å²) in [7, 11) is 1.83. The molecule has 1 unspecified atom stereocenters. The van der Waals surface area contributed by atoms with E-state index in [1.54, 1.807) is 0 Å². The van der Waals surface area contributed by atoms with Crippen molar-refractivity contribution >= 4 is 0 Å². The first-order valence-electron chi connectivity index (χ1n) is 5.55. The van der Waals surface area contributed by atoms with Gasteiger partial charge in [0, 0.05) is 6.42 Å². The Morgan fingerprint density at radius 3 is 2.87 bits per heavy atom. The molecular weight excluding hydrogens is 184 g/mol.